The minimum atomic E-state index is 0.438. The van der Waals surface area contributed by atoms with E-state index < -0.39 is 0 Å². The molecule has 16 heavy (non-hydrogen) atoms. The van der Waals surface area contributed by atoms with Crippen molar-refractivity contribution in [3.05, 3.63) is 11.9 Å². The molecule has 1 fully saturated rings. The first-order valence-corrected chi connectivity index (χ1v) is 5.52. The Balaban J connectivity index is 2.04. The second-order valence-corrected chi connectivity index (χ2v) is 3.87. The van der Waals surface area contributed by atoms with Crippen LogP contribution in [0.4, 0.5) is 5.82 Å². The fourth-order valence-corrected chi connectivity index (χ4v) is 1.77. The summed E-state index contributed by atoms with van der Waals surface area (Å²) < 4.78 is 10.4. The minimum Gasteiger partial charge on any atom is -0.481 e. The van der Waals surface area contributed by atoms with Crippen molar-refractivity contribution in [2.24, 2.45) is 0 Å². The van der Waals surface area contributed by atoms with Crippen molar-refractivity contribution < 1.29 is 9.47 Å². The topological polar surface area (TPSA) is 56.3 Å². The van der Waals surface area contributed by atoms with Crippen LogP contribution in [0.25, 0.3) is 0 Å². The fourth-order valence-electron chi connectivity index (χ4n) is 1.77. The first-order valence-electron chi connectivity index (χ1n) is 5.52. The molecule has 88 valence electrons. The van der Waals surface area contributed by atoms with Crippen LogP contribution in [-0.2, 0) is 4.74 Å². The van der Waals surface area contributed by atoms with Gasteiger partial charge >= 0.3 is 0 Å². The first-order chi connectivity index (χ1) is 7.78. The van der Waals surface area contributed by atoms with Crippen LogP contribution >= 0.6 is 0 Å². The third-order valence-corrected chi connectivity index (χ3v) is 2.60. The zero-order valence-electron chi connectivity index (χ0n) is 9.69. The number of anilines is 1. The van der Waals surface area contributed by atoms with Gasteiger partial charge in [0.25, 0.3) is 0 Å². The van der Waals surface area contributed by atoms with Gasteiger partial charge in [0.2, 0.25) is 5.88 Å². The normalized spacial score (nSPS) is 17.1. The first kappa shape index (κ1) is 11.1. The smallest absolute Gasteiger partial charge is 0.218 e. The van der Waals surface area contributed by atoms with Gasteiger partial charge in [-0.3, -0.25) is 0 Å². The fraction of sp³-hybridized carbons (Fsp3) is 0.636. The van der Waals surface area contributed by atoms with Gasteiger partial charge in [0.15, 0.2) is 0 Å². The van der Waals surface area contributed by atoms with E-state index in [-0.39, 0.29) is 0 Å². The maximum Gasteiger partial charge on any atom is 0.218 e. The second-order valence-electron chi connectivity index (χ2n) is 3.87. The van der Waals surface area contributed by atoms with E-state index in [4.69, 9.17) is 9.47 Å². The summed E-state index contributed by atoms with van der Waals surface area (Å²) in [5, 5.41) is 3.39. The van der Waals surface area contributed by atoms with Gasteiger partial charge in [-0.25, -0.2) is 4.98 Å². The highest BCUT2D eigenvalue weighted by Gasteiger charge is 2.14. The molecule has 0 spiro atoms. The van der Waals surface area contributed by atoms with Crippen LogP contribution in [0.3, 0.4) is 0 Å². The van der Waals surface area contributed by atoms with Gasteiger partial charge in [-0.15, -0.1) is 0 Å². The molecule has 0 unspecified atom stereocenters. The summed E-state index contributed by atoms with van der Waals surface area (Å²) in [5.74, 6) is 2.15. The molecular weight excluding hydrogens is 206 g/mol. The summed E-state index contributed by atoms with van der Waals surface area (Å²) in [6, 6.07) is 2.26. The number of nitrogens with zero attached hydrogens (tertiary/aromatic N) is 2. The molecule has 0 bridgehead atoms. The Labute approximate surface area is 95.2 Å². The second kappa shape index (κ2) is 5.12. The zero-order chi connectivity index (χ0) is 11.4. The molecule has 5 heteroatoms. The molecule has 5 nitrogen and oxygen atoms in total. The highest BCUT2D eigenvalue weighted by atomic mass is 16.5. The molecule has 1 aromatic rings. The summed E-state index contributed by atoms with van der Waals surface area (Å²) >= 11 is 0. The number of hydrogen-bond donors (Lipinski definition) is 1. The Kier molecular flexibility index (Phi) is 3.56. The van der Waals surface area contributed by atoms with E-state index in [9.17, 15) is 0 Å². The molecule has 1 saturated heterocycles. The van der Waals surface area contributed by atoms with Gasteiger partial charge < -0.3 is 14.8 Å². The van der Waals surface area contributed by atoms with Crippen LogP contribution in [0.15, 0.2) is 6.07 Å². The standard InChI is InChI=1S/C11H17N3O2/c1-8-12-10(7-11(13-8)15-2)14-9-3-5-16-6-4-9/h7,9H,3-6H2,1-2H3,(H,12,13,14). The van der Waals surface area contributed by atoms with E-state index in [1.165, 1.54) is 0 Å². The van der Waals surface area contributed by atoms with Crippen molar-refractivity contribution in [3.63, 3.8) is 0 Å². The molecule has 0 saturated carbocycles. The van der Waals surface area contributed by atoms with Gasteiger partial charge in [0, 0.05) is 25.3 Å². The quantitative estimate of drug-likeness (QED) is 0.839. The molecule has 0 radical (unpaired) electrons. The number of aryl methyl sites for hydroxylation is 1. The highest BCUT2D eigenvalue weighted by Crippen LogP contribution is 2.17. The third kappa shape index (κ3) is 2.82. The number of hydrogen-bond acceptors (Lipinski definition) is 5. The van der Waals surface area contributed by atoms with Crippen molar-refractivity contribution in [1.29, 1.82) is 0 Å². The Bertz CT molecular complexity index is 351. The van der Waals surface area contributed by atoms with E-state index in [0.717, 1.165) is 31.9 Å². The lowest BCUT2D eigenvalue weighted by Crippen LogP contribution is -2.28. The number of aromatic nitrogens is 2. The molecule has 1 N–H and O–H groups in total. The van der Waals surface area contributed by atoms with Gasteiger partial charge in [-0.1, -0.05) is 0 Å². The number of nitrogens with one attached hydrogen (secondary N) is 1. The van der Waals surface area contributed by atoms with Gasteiger partial charge in [-0.2, -0.15) is 4.98 Å². The molecule has 1 aliphatic heterocycles. The van der Waals surface area contributed by atoms with Crippen molar-refractivity contribution in [1.82, 2.24) is 9.97 Å². The lowest BCUT2D eigenvalue weighted by Gasteiger charge is -2.23. The maximum absolute atomic E-state index is 5.31. The molecule has 2 rings (SSSR count). The van der Waals surface area contributed by atoms with E-state index in [1.54, 1.807) is 7.11 Å². The molecule has 0 amide bonds. The Hall–Kier alpha value is -1.36. The Morgan fingerprint density at radius 1 is 1.38 bits per heavy atom. The highest BCUT2D eigenvalue weighted by molar-refractivity contribution is 5.39. The van der Waals surface area contributed by atoms with E-state index in [2.05, 4.69) is 15.3 Å². The van der Waals surface area contributed by atoms with Gasteiger partial charge in [0.05, 0.1) is 7.11 Å². The summed E-state index contributed by atoms with van der Waals surface area (Å²) in [5.41, 5.74) is 0. The van der Waals surface area contributed by atoms with Gasteiger partial charge in [-0.05, 0) is 19.8 Å². The monoisotopic (exact) mass is 223 g/mol. The maximum atomic E-state index is 5.31. The molecule has 1 aromatic heterocycles. The predicted molar refractivity (Wildman–Crippen MR) is 60.8 cm³/mol. The SMILES string of the molecule is COc1cc(NC2CCOCC2)nc(C)n1. The van der Waals surface area contributed by atoms with Crippen LogP contribution in [-0.4, -0.2) is 36.3 Å². The van der Waals surface area contributed by atoms with Crippen LogP contribution in [0.1, 0.15) is 18.7 Å². The summed E-state index contributed by atoms with van der Waals surface area (Å²) in [4.78, 5) is 8.48. The number of methoxy groups -OCH3 is 1. The average molecular weight is 223 g/mol. The summed E-state index contributed by atoms with van der Waals surface area (Å²) in [6.45, 7) is 3.50. The summed E-state index contributed by atoms with van der Waals surface area (Å²) in [7, 11) is 1.61. The molecule has 0 aromatic carbocycles. The van der Waals surface area contributed by atoms with Crippen LogP contribution in [0.2, 0.25) is 0 Å². The van der Waals surface area contributed by atoms with Crippen molar-refractivity contribution in [2.45, 2.75) is 25.8 Å². The largest absolute Gasteiger partial charge is 0.481 e. The molecule has 2 heterocycles. The zero-order valence-corrected chi connectivity index (χ0v) is 9.69. The Morgan fingerprint density at radius 2 is 2.12 bits per heavy atom. The minimum absolute atomic E-state index is 0.438. The molecule has 0 atom stereocenters. The number of rotatable bonds is 3. The van der Waals surface area contributed by atoms with Crippen molar-refractivity contribution >= 4 is 5.82 Å². The Morgan fingerprint density at radius 3 is 2.81 bits per heavy atom. The van der Waals surface area contributed by atoms with Crippen molar-refractivity contribution in [2.75, 3.05) is 25.6 Å². The third-order valence-electron chi connectivity index (χ3n) is 2.60. The number of ether oxygens (including phenoxy) is 2. The van der Waals surface area contributed by atoms with Gasteiger partial charge in [0.1, 0.15) is 11.6 Å². The molecule has 0 aliphatic carbocycles. The predicted octanol–water partition coefficient (Wildman–Crippen LogP) is 1.38. The van der Waals surface area contributed by atoms with E-state index in [1.807, 2.05) is 13.0 Å². The molecule has 1 aliphatic rings. The van der Waals surface area contributed by atoms with Crippen LogP contribution in [0, 0.1) is 6.92 Å². The van der Waals surface area contributed by atoms with E-state index in [0.29, 0.717) is 17.7 Å². The van der Waals surface area contributed by atoms with Crippen LogP contribution in [0.5, 0.6) is 5.88 Å². The lowest BCUT2D eigenvalue weighted by atomic mass is 10.1. The summed E-state index contributed by atoms with van der Waals surface area (Å²) in [6.07, 6.45) is 2.04. The average Bonchev–Trinajstić information content (AvgIpc) is 2.29. The lowest BCUT2D eigenvalue weighted by molar-refractivity contribution is 0.0904. The van der Waals surface area contributed by atoms with E-state index >= 15 is 0 Å². The van der Waals surface area contributed by atoms with Crippen LogP contribution < -0.4 is 10.1 Å². The molecular formula is C11H17N3O2. The van der Waals surface area contributed by atoms with Crippen molar-refractivity contribution in [3.8, 4) is 5.88 Å².